The summed E-state index contributed by atoms with van der Waals surface area (Å²) in [5.74, 6) is -0.308. The van der Waals surface area contributed by atoms with Crippen LogP contribution in [0.5, 0.6) is 5.75 Å². The first kappa shape index (κ1) is 23.2. The fraction of sp³-hybridized carbons (Fsp3) is 0.0909. The van der Waals surface area contributed by atoms with Crippen molar-refractivity contribution in [2.45, 2.75) is 11.8 Å². The van der Waals surface area contributed by atoms with Gasteiger partial charge in [-0.15, -0.1) is 0 Å². The quantitative estimate of drug-likeness (QED) is 0.287. The third kappa shape index (κ3) is 5.18. The molecule has 0 radical (unpaired) electrons. The number of nitrogens with one attached hydrogen (secondary N) is 2. The highest BCUT2D eigenvalue weighted by Gasteiger charge is 2.23. The minimum Gasteiger partial charge on any atom is -0.492 e. The average Bonchev–Trinajstić information content (AvgIpc) is 2.78. The van der Waals surface area contributed by atoms with Gasteiger partial charge in [-0.1, -0.05) is 39.7 Å². The minimum absolute atomic E-state index is 0.0448. The number of benzene rings is 3. The van der Waals surface area contributed by atoms with E-state index in [9.17, 15) is 12.8 Å². The summed E-state index contributed by atoms with van der Waals surface area (Å²) < 4.78 is 48.8. The minimum atomic E-state index is -4.12. The van der Waals surface area contributed by atoms with Crippen LogP contribution in [0.4, 0.5) is 21.7 Å². The molecule has 0 amide bonds. The summed E-state index contributed by atoms with van der Waals surface area (Å²) in [5, 5.41) is 2.87. The molecule has 0 aliphatic rings. The number of nitrogens with zero attached hydrogens (tertiary/aromatic N) is 2. The lowest BCUT2D eigenvalue weighted by atomic mass is 10.3. The van der Waals surface area contributed by atoms with E-state index >= 15 is 0 Å². The van der Waals surface area contributed by atoms with Gasteiger partial charge < -0.3 is 10.1 Å². The highest BCUT2D eigenvalue weighted by molar-refractivity contribution is 9.10. The average molecular weight is 552 g/mol. The molecule has 0 aliphatic heterocycles. The number of sulfonamides is 1. The van der Waals surface area contributed by atoms with Crippen LogP contribution in [0.15, 0.2) is 70.0 Å². The second-order valence-electron chi connectivity index (χ2n) is 6.79. The van der Waals surface area contributed by atoms with Crippen LogP contribution >= 0.6 is 27.5 Å². The number of ether oxygens (including phenoxy) is 1. The fourth-order valence-corrected chi connectivity index (χ4v) is 4.89. The van der Waals surface area contributed by atoms with Crippen LogP contribution in [0.3, 0.4) is 0 Å². The fourth-order valence-electron chi connectivity index (χ4n) is 3.02. The van der Waals surface area contributed by atoms with E-state index in [0.717, 1.165) is 0 Å². The monoisotopic (exact) mass is 550 g/mol. The molecule has 1 aromatic heterocycles. The largest absolute Gasteiger partial charge is 0.492 e. The lowest BCUT2D eigenvalue weighted by Gasteiger charge is -2.16. The third-order valence-electron chi connectivity index (χ3n) is 4.48. The summed E-state index contributed by atoms with van der Waals surface area (Å²) in [6, 6.07) is 15.7. The molecule has 0 aliphatic carbocycles. The first-order chi connectivity index (χ1) is 15.8. The molecule has 2 N–H and O–H groups in total. The van der Waals surface area contributed by atoms with Crippen molar-refractivity contribution >= 4 is 65.9 Å². The summed E-state index contributed by atoms with van der Waals surface area (Å²) in [5.41, 5.74) is 1.43. The second-order valence-corrected chi connectivity index (χ2v) is 9.77. The molecule has 4 rings (SSSR count). The van der Waals surface area contributed by atoms with E-state index in [4.69, 9.17) is 16.3 Å². The summed E-state index contributed by atoms with van der Waals surface area (Å²) >= 11 is 9.18. The Kier molecular flexibility index (Phi) is 6.68. The smallest absolute Gasteiger partial charge is 0.266 e. The van der Waals surface area contributed by atoms with Crippen molar-refractivity contribution in [2.75, 3.05) is 16.6 Å². The molecule has 11 heteroatoms. The summed E-state index contributed by atoms with van der Waals surface area (Å²) in [6.07, 6.45) is 0. The SMILES string of the molecule is CCOc1ccc(Br)cc1S(=O)(=O)Nc1nc2ccccc2nc1Nc1ccc(F)c(Cl)c1. The number of hydrogen-bond acceptors (Lipinski definition) is 6. The highest BCUT2D eigenvalue weighted by atomic mass is 79.9. The van der Waals surface area contributed by atoms with Crippen LogP contribution in [0.25, 0.3) is 11.0 Å². The predicted molar refractivity (Wildman–Crippen MR) is 130 cm³/mol. The molecule has 0 spiro atoms. The molecule has 0 saturated heterocycles. The Hall–Kier alpha value is -2.95. The molecule has 7 nitrogen and oxygen atoms in total. The van der Waals surface area contributed by atoms with Gasteiger partial charge in [-0.2, -0.15) is 0 Å². The first-order valence-corrected chi connectivity index (χ1v) is 12.4. The van der Waals surface area contributed by atoms with E-state index in [0.29, 0.717) is 21.2 Å². The summed E-state index contributed by atoms with van der Waals surface area (Å²) in [4.78, 5) is 8.88. The number of fused-ring (bicyclic) bond motifs is 1. The van der Waals surface area contributed by atoms with E-state index in [-0.39, 0.29) is 33.9 Å². The van der Waals surface area contributed by atoms with Crippen molar-refractivity contribution in [2.24, 2.45) is 0 Å². The molecule has 170 valence electrons. The highest BCUT2D eigenvalue weighted by Crippen LogP contribution is 2.32. The molecule has 4 aromatic rings. The van der Waals surface area contributed by atoms with Crippen LogP contribution in [-0.4, -0.2) is 25.0 Å². The van der Waals surface area contributed by atoms with E-state index < -0.39 is 15.8 Å². The zero-order valence-electron chi connectivity index (χ0n) is 17.1. The molecule has 33 heavy (non-hydrogen) atoms. The van der Waals surface area contributed by atoms with Gasteiger partial charge in [-0.3, -0.25) is 4.72 Å². The molecule has 0 atom stereocenters. The Labute approximate surface area is 203 Å². The molecule has 3 aromatic carbocycles. The van der Waals surface area contributed by atoms with Gasteiger partial charge in [0.15, 0.2) is 11.6 Å². The first-order valence-electron chi connectivity index (χ1n) is 9.71. The van der Waals surface area contributed by atoms with Gasteiger partial charge in [-0.25, -0.2) is 22.8 Å². The van der Waals surface area contributed by atoms with Crippen molar-refractivity contribution in [3.05, 3.63) is 76.0 Å². The van der Waals surface area contributed by atoms with Gasteiger partial charge >= 0.3 is 0 Å². The van der Waals surface area contributed by atoms with Crippen LogP contribution in [-0.2, 0) is 10.0 Å². The van der Waals surface area contributed by atoms with Crippen molar-refractivity contribution < 1.29 is 17.5 Å². The molecular formula is C22H17BrClFN4O3S. The van der Waals surface area contributed by atoms with Crippen molar-refractivity contribution in [1.29, 1.82) is 0 Å². The Balaban J connectivity index is 1.80. The van der Waals surface area contributed by atoms with Crippen molar-refractivity contribution in [3.63, 3.8) is 0 Å². The van der Waals surface area contributed by atoms with Gasteiger partial charge in [-0.05, 0) is 55.5 Å². The number of para-hydroxylation sites is 2. The van der Waals surface area contributed by atoms with E-state index in [1.807, 2.05) is 0 Å². The zero-order chi connectivity index (χ0) is 23.6. The van der Waals surface area contributed by atoms with Crippen molar-refractivity contribution in [1.82, 2.24) is 9.97 Å². The number of aromatic nitrogens is 2. The molecule has 0 unspecified atom stereocenters. The Bertz CT molecular complexity index is 1450. The Morgan fingerprint density at radius 2 is 1.73 bits per heavy atom. The van der Waals surface area contributed by atoms with Gasteiger partial charge in [0.1, 0.15) is 16.5 Å². The van der Waals surface area contributed by atoms with Crippen LogP contribution in [0.2, 0.25) is 5.02 Å². The molecular weight excluding hydrogens is 535 g/mol. The normalized spacial score (nSPS) is 11.4. The van der Waals surface area contributed by atoms with E-state index in [1.54, 1.807) is 43.3 Å². The van der Waals surface area contributed by atoms with Gasteiger partial charge in [0.05, 0.1) is 22.7 Å². The van der Waals surface area contributed by atoms with Gasteiger partial charge in [0, 0.05) is 10.2 Å². The zero-order valence-corrected chi connectivity index (χ0v) is 20.3. The van der Waals surface area contributed by atoms with Gasteiger partial charge in [0.25, 0.3) is 10.0 Å². The number of hydrogen-bond donors (Lipinski definition) is 2. The summed E-state index contributed by atoms with van der Waals surface area (Å²) in [6.45, 7) is 2.05. The Morgan fingerprint density at radius 1 is 1.03 bits per heavy atom. The van der Waals surface area contributed by atoms with Crippen LogP contribution in [0.1, 0.15) is 6.92 Å². The second kappa shape index (κ2) is 9.50. The third-order valence-corrected chi connectivity index (χ3v) is 6.62. The number of rotatable bonds is 7. The topological polar surface area (TPSA) is 93.2 Å². The van der Waals surface area contributed by atoms with Crippen LogP contribution < -0.4 is 14.8 Å². The maximum Gasteiger partial charge on any atom is 0.266 e. The van der Waals surface area contributed by atoms with Crippen molar-refractivity contribution in [3.8, 4) is 5.75 Å². The molecule has 1 heterocycles. The van der Waals surface area contributed by atoms with Crippen LogP contribution in [0, 0.1) is 5.82 Å². The predicted octanol–water partition coefficient (Wildman–Crippen LogP) is 6.13. The molecule has 0 saturated carbocycles. The number of halogens is 3. The number of anilines is 3. The van der Waals surface area contributed by atoms with Gasteiger partial charge in [0.2, 0.25) is 0 Å². The lowest BCUT2D eigenvalue weighted by Crippen LogP contribution is -2.17. The maximum absolute atomic E-state index is 13.6. The maximum atomic E-state index is 13.6. The molecule has 0 fully saturated rings. The Morgan fingerprint density at radius 3 is 2.39 bits per heavy atom. The summed E-state index contributed by atoms with van der Waals surface area (Å²) in [7, 11) is -4.12. The lowest BCUT2D eigenvalue weighted by molar-refractivity contribution is 0.331. The van der Waals surface area contributed by atoms with E-state index in [1.165, 1.54) is 24.3 Å². The van der Waals surface area contributed by atoms with E-state index in [2.05, 4.69) is 35.9 Å². The molecule has 0 bridgehead atoms. The standard InChI is InChI=1S/C22H17BrClFN4O3S/c1-2-32-19-10-7-13(23)11-20(19)33(30,31)29-22-21(26-14-8-9-16(25)15(24)12-14)27-17-5-3-4-6-18(17)28-22/h3-12H,2H2,1H3,(H,26,27)(H,28,29).